The van der Waals surface area contributed by atoms with E-state index in [1.165, 1.54) is 0 Å². The van der Waals surface area contributed by atoms with E-state index < -0.39 is 0 Å². The van der Waals surface area contributed by atoms with Gasteiger partial charge in [0.2, 0.25) is 0 Å². The first-order valence-electron chi connectivity index (χ1n) is 4.03. The Balaban J connectivity index is 1.96. The van der Waals surface area contributed by atoms with Gasteiger partial charge >= 0.3 is 0 Å². The minimum atomic E-state index is 0.609. The lowest BCUT2D eigenvalue weighted by atomic mass is 10.3. The molecular formula is C6H9N7. The average molecular weight is 179 g/mol. The second kappa shape index (κ2) is 3.26. The highest BCUT2D eigenvalue weighted by molar-refractivity contribution is 5.26. The summed E-state index contributed by atoms with van der Waals surface area (Å²) >= 11 is 0. The van der Waals surface area contributed by atoms with Crippen LogP contribution in [0.2, 0.25) is 0 Å². The molecule has 0 spiro atoms. The summed E-state index contributed by atoms with van der Waals surface area (Å²) in [7, 11) is 0. The van der Waals surface area contributed by atoms with Gasteiger partial charge in [0.25, 0.3) is 5.95 Å². The van der Waals surface area contributed by atoms with Crippen LogP contribution in [0, 0.1) is 11.5 Å². The largest absolute Gasteiger partial charge is 0.335 e. The van der Waals surface area contributed by atoms with Gasteiger partial charge < -0.3 is 9.80 Å². The number of aromatic amines is 1. The van der Waals surface area contributed by atoms with E-state index in [0.717, 1.165) is 26.2 Å². The summed E-state index contributed by atoms with van der Waals surface area (Å²) in [4.78, 5) is 3.72. The second-order valence-corrected chi connectivity index (χ2v) is 2.79. The van der Waals surface area contributed by atoms with Gasteiger partial charge in [-0.3, -0.25) is 0 Å². The molecule has 0 unspecified atom stereocenters. The number of hydrogen-bond acceptors (Lipinski definition) is 6. The number of hydrogen-bond donors (Lipinski definition) is 1. The summed E-state index contributed by atoms with van der Waals surface area (Å²) in [6.45, 7) is 3.00. The van der Waals surface area contributed by atoms with E-state index in [9.17, 15) is 0 Å². The van der Waals surface area contributed by atoms with Crippen LogP contribution in [0.3, 0.4) is 0 Å². The highest BCUT2D eigenvalue weighted by Crippen LogP contribution is 2.07. The number of rotatable bonds is 1. The third-order valence-corrected chi connectivity index (χ3v) is 2.04. The maximum Gasteiger partial charge on any atom is 0.265 e. The smallest absolute Gasteiger partial charge is 0.265 e. The Morgan fingerprint density at radius 3 is 2.62 bits per heavy atom. The molecule has 0 aromatic carbocycles. The molecule has 1 aliphatic rings. The van der Waals surface area contributed by atoms with Crippen molar-refractivity contribution in [2.45, 2.75) is 0 Å². The molecule has 0 aliphatic carbocycles. The van der Waals surface area contributed by atoms with E-state index in [1.54, 1.807) is 4.90 Å². The van der Waals surface area contributed by atoms with Crippen molar-refractivity contribution in [3.05, 3.63) is 0 Å². The average Bonchev–Trinajstić information content (AvgIpc) is 2.71. The van der Waals surface area contributed by atoms with Gasteiger partial charge in [-0.2, -0.15) is 10.5 Å². The Kier molecular flexibility index (Phi) is 1.96. The lowest BCUT2D eigenvalue weighted by molar-refractivity contribution is 0.361. The molecule has 0 bridgehead atoms. The number of anilines is 1. The van der Waals surface area contributed by atoms with Crippen molar-refractivity contribution in [3.8, 4) is 6.19 Å². The number of nitrogens with zero attached hydrogens (tertiary/aromatic N) is 6. The Morgan fingerprint density at radius 1 is 1.31 bits per heavy atom. The van der Waals surface area contributed by atoms with Gasteiger partial charge in [-0.1, -0.05) is 5.10 Å². The first-order valence-corrected chi connectivity index (χ1v) is 4.03. The molecule has 0 amide bonds. The lowest BCUT2D eigenvalue weighted by Gasteiger charge is -2.30. The van der Waals surface area contributed by atoms with Crippen molar-refractivity contribution in [2.75, 3.05) is 31.1 Å². The number of nitriles is 1. The second-order valence-electron chi connectivity index (χ2n) is 2.79. The Bertz CT molecular complexity index is 291. The molecule has 1 N–H and O–H groups in total. The first kappa shape index (κ1) is 7.79. The number of aromatic nitrogens is 4. The van der Waals surface area contributed by atoms with E-state index in [0.29, 0.717) is 5.95 Å². The van der Waals surface area contributed by atoms with Gasteiger partial charge in [-0.25, -0.2) is 0 Å². The van der Waals surface area contributed by atoms with Crippen LogP contribution in [-0.4, -0.2) is 51.7 Å². The number of piperazine rings is 1. The summed E-state index contributed by atoms with van der Waals surface area (Å²) in [5.74, 6) is 0.609. The van der Waals surface area contributed by atoms with Crippen molar-refractivity contribution < 1.29 is 0 Å². The van der Waals surface area contributed by atoms with Crippen LogP contribution < -0.4 is 4.90 Å². The summed E-state index contributed by atoms with van der Waals surface area (Å²) in [6, 6.07) is 0. The van der Waals surface area contributed by atoms with Crippen LogP contribution in [0.4, 0.5) is 5.95 Å². The topological polar surface area (TPSA) is 84.7 Å². The van der Waals surface area contributed by atoms with Crippen LogP contribution in [0.25, 0.3) is 0 Å². The Hall–Kier alpha value is -1.84. The Labute approximate surface area is 74.9 Å². The summed E-state index contributed by atoms with van der Waals surface area (Å²) in [5.41, 5.74) is 0. The van der Waals surface area contributed by atoms with Crippen LogP contribution in [0.15, 0.2) is 0 Å². The zero-order valence-corrected chi connectivity index (χ0v) is 7.01. The zero-order chi connectivity index (χ0) is 9.10. The molecule has 2 rings (SSSR count). The number of H-pyrrole nitrogens is 1. The number of nitrogens with one attached hydrogen (secondary N) is 1. The van der Waals surface area contributed by atoms with Gasteiger partial charge in [0, 0.05) is 26.2 Å². The maximum absolute atomic E-state index is 8.62. The Morgan fingerprint density at radius 2 is 2.08 bits per heavy atom. The fraction of sp³-hybridized carbons (Fsp3) is 0.667. The minimum absolute atomic E-state index is 0.609. The SMILES string of the molecule is N#CN1CCN(c2nn[nH]n2)CC1. The fourth-order valence-corrected chi connectivity index (χ4v) is 1.30. The van der Waals surface area contributed by atoms with Gasteiger partial charge in [0.05, 0.1) is 0 Å². The van der Waals surface area contributed by atoms with Crippen LogP contribution in [0.5, 0.6) is 0 Å². The summed E-state index contributed by atoms with van der Waals surface area (Å²) < 4.78 is 0. The van der Waals surface area contributed by atoms with Gasteiger partial charge in [0.1, 0.15) is 0 Å². The summed E-state index contributed by atoms with van der Waals surface area (Å²) in [5, 5.41) is 22.2. The zero-order valence-electron chi connectivity index (χ0n) is 7.01. The van der Waals surface area contributed by atoms with Gasteiger partial charge in [-0.15, -0.1) is 5.10 Å². The molecule has 1 aromatic heterocycles. The molecule has 68 valence electrons. The van der Waals surface area contributed by atoms with E-state index in [4.69, 9.17) is 5.26 Å². The predicted octanol–water partition coefficient (Wildman–Crippen LogP) is -1.20. The standard InChI is InChI=1S/C6H9N7/c7-5-12-1-3-13(4-2-12)6-8-10-11-9-6/h1-4H2,(H,8,9,10,11). The van der Waals surface area contributed by atoms with Crippen molar-refractivity contribution in [3.63, 3.8) is 0 Å². The molecular weight excluding hydrogens is 170 g/mol. The molecule has 1 aromatic rings. The third kappa shape index (κ3) is 1.51. The summed E-state index contributed by atoms with van der Waals surface area (Å²) in [6.07, 6.45) is 2.11. The quantitative estimate of drug-likeness (QED) is 0.545. The maximum atomic E-state index is 8.62. The highest BCUT2D eigenvalue weighted by Gasteiger charge is 2.18. The van der Waals surface area contributed by atoms with E-state index in [1.807, 2.05) is 4.90 Å². The van der Waals surface area contributed by atoms with Crippen LogP contribution >= 0.6 is 0 Å². The monoisotopic (exact) mass is 179 g/mol. The normalized spacial score (nSPS) is 17.2. The minimum Gasteiger partial charge on any atom is -0.335 e. The first-order chi connectivity index (χ1) is 6.40. The molecule has 7 nitrogen and oxygen atoms in total. The third-order valence-electron chi connectivity index (χ3n) is 2.04. The van der Waals surface area contributed by atoms with E-state index in [2.05, 4.69) is 26.8 Å². The highest BCUT2D eigenvalue weighted by atomic mass is 15.5. The molecule has 1 fully saturated rings. The molecule has 0 radical (unpaired) electrons. The molecule has 0 atom stereocenters. The molecule has 2 heterocycles. The van der Waals surface area contributed by atoms with E-state index in [-0.39, 0.29) is 0 Å². The van der Waals surface area contributed by atoms with Gasteiger partial charge in [-0.05, 0) is 5.21 Å². The number of tetrazole rings is 1. The van der Waals surface area contributed by atoms with Crippen molar-refractivity contribution in [2.24, 2.45) is 0 Å². The van der Waals surface area contributed by atoms with Crippen molar-refractivity contribution in [1.29, 1.82) is 5.26 Å². The molecule has 1 aliphatic heterocycles. The van der Waals surface area contributed by atoms with Crippen molar-refractivity contribution in [1.82, 2.24) is 25.5 Å². The fourth-order valence-electron chi connectivity index (χ4n) is 1.30. The molecule has 0 saturated carbocycles. The van der Waals surface area contributed by atoms with Gasteiger partial charge in [0.15, 0.2) is 6.19 Å². The predicted molar refractivity (Wildman–Crippen MR) is 43.6 cm³/mol. The lowest BCUT2D eigenvalue weighted by Crippen LogP contribution is -2.44. The van der Waals surface area contributed by atoms with Crippen molar-refractivity contribution >= 4 is 5.95 Å². The van der Waals surface area contributed by atoms with E-state index >= 15 is 0 Å². The molecule has 13 heavy (non-hydrogen) atoms. The van der Waals surface area contributed by atoms with Crippen LogP contribution in [0.1, 0.15) is 0 Å². The molecule has 7 heteroatoms. The van der Waals surface area contributed by atoms with Crippen LogP contribution in [-0.2, 0) is 0 Å². The molecule has 1 saturated heterocycles.